The van der Waals surface area contributed by atoms with Crippen molar-refractivity contribution in [2.75, 3.05) is 201 Å². The molecule has 129 heavy (non-hydrogen) atoms. The molecular formula is C81H140N24O24. The molecule has 18 saturated heterocycles. The summed E-state index contributed by atoms with van der Waals surface area (Å²) in [6.45, 7) is 16.1. The Labute approximate surface area is 753 Å². The summed E-state index contributed by atoms with van der Waals surface area (Å²) < 4.78 is 0. The zero-order valence-electron chi connectivity index (χ0n) is 75.4. The van der Waals surface area contributed by atoms with Crippen molar-refractivity contribution in [3.63, 3.8) is 0 Å². The number of rotatable bonds is 27. The SMILES string of the molecule is C.CON1C(=O)N2C[C@H]1CC[C@H]2C(=O)NOC1CCNCC1.CON1C(=O)N2C[C@H]1CC[C@H]2C(=O)NOCC1CCN(C)CC1.CON1C(=O)N2C[C@H]1CC[C@H]2C(=O)NOCC1CN(C)C1.CON1C(=O)N2C[C@H]1CC[C@H]2C(=O)NOC[C@@H]1CCCN(C)C1.CON1C(=O)N2C[C@H]1CC[C@H]2C(=O)NO[C@@H]1CCNC1.CON1C(=O)N2C[C@H]1CC[C@H]2C(=O)NO[C@H]1CCNC1. The fourth-order valence-electron chi connectivity index (χ4n) is 20.3. The van der Waals surface area contributed by atoms with Crippen molar-refractivity contribution in [1.82, 2.24) is 123 Å². The van der Waals surface area contributed by atoms with Gasteiger partial charge in [0.15, 0.2) is 0 Å². The Hall–Kier alpha value is -8.28. The van der Waals surface area contributed by atoms with Crippen molar-refractivity contribution in [3.05, 3.63) is 0 Å². The second-order valence-electron chi connectivity index (χ2n) is 36.0. The fourth-order valence-corrected chi connectivity index (χ4v) is 20.3. The molecule has 0 aromatic heterocycles. The van der Waals surface area contributed by atoms with Crippen LogP contribution in [-0.4, -0.2) is 438 Å². The van der Waals surface area contributed by atoms with Crippen molar-refractivity contribution < 1.29 is 116 Å². The number of amides is 18. The first-order valence-corrected chi connectivity index (χ1v) is 45.5. The van der Waals surface area contributed by atoms with Crippen LogP contribution < -0.4 is 48.8 Å². The summed E-state index contributed by atoms with van der Waals surface area (Å²) in [5.41, 5.74) is 15.1. The third kappa shape index (κ3) is 24.4. The molecule has 18 rings (SSSR count). The van der Waals surface area contributed by atoms with Gasteiger partial charge >= 0.3 is 36.2 Å². The first-order chi connectivity index (χ1) is 61.9. The molecule has 0 radical (unpaired) electrons. The third-order valence-electron chi connectivity index (χ3n) is 27.4. The molecule has 728 valence electrons. The highest BCUT2D eigenvalue weighted by Crippen LogP contribution is 2.37. The fraction of sp³-hybridized carbons (Fsp3) is 0.852. The highest BCUT2D eigenvalue weighted by atomic mass is 16.7. The van der Waals surface area contributed by atoms with Gasteiger partial charge in [-0.2, -0.15) is 30.4 Å². The maximum Gasteiger partial charge on any atom is 0.345 e. The predicted octanol–water partition coefficient (Wildman–Crippen LogP) is -1.46. The molecule has 9 N–H and O–H groups in total. The van der Waals surface area contributed by atoms with E-state index < -0.39 is 36.3 Å². The van der Waals surface area contributed by atoms with Crippen molar-refractivity contribution in [2.45, 2.75) is 227 Å². The minimum absolute atomic E-state index is 0. The molecular weight excluding hydrogens is 1690 g/mol. The smallest absolute Gasteiger partial charge is 0.317 e. The van der Waals surface area contributed by atoms with Crippen LogP contribution in [0.1, 0.15) is 136 Å². The van der Waals surface area contributed by atoms with E-state index in [1.54, 1.807) is 29.4 Å². The van der Waals surface area contributed by atoms with Gasteiger partial charge in [-0.25, -0.2) is 61.6 Å². The lowest BCUT2D eigenvalue weighted by atomic mass is 9.98. The first-order valence-electron chi connectivity index (χ1n) is 45.5. The van der Waals surface area contributed by atoms with E-state index in [1.807, 2.05) is 7.05 Å². The quantitative estimate of drug-likeness (QED) is 0.0425. The Morgan fingerprint density at radius 1 is 0.287 bits per heavy atom. The third-order valence-corrected chi connectivity index (χ3v) is 27.4. The normalized spacial score (nSPS) is 30.7. The van der Waals surface area contributed by atoms with Crippen LogP contribution >= 0.6 is 0 Å². The lowest BCUT2D eigenvalue weighted by Crippen LogP contribution is -2.51. The Bertz CT molecular complexity index is 3680. The number of hydroxylamine groups is 18. The summed E-state index contributed by atoms with van der Waals surface area (Å²) >= 11 is 0. The highest BCUT2D eigenvalue weighted by Gasteiger charge is 2.54. The van der Waals surface area contributed by atoms with E-state index in [1.165, 1.54) is 73.0 Å². The number of hydrogen-bond acceptors (Lipinski definition) is 30. The van der Waals surface area contributed by atoms with Crippen LogP contribution in [0.15, 0.2) is 0 Å². The van der Waals surface area contributed by atoms with Crippen LogP contribution in [0.3, 0.4) is 0 Å². The Morgan fingerprint density at radius 3 is 0.829 bits per heavy atom. The van der Waals surface area contributed by atoms with Crippen molar-refractivity contribution in [3.8, 4) is 0 Å². The number of hydrogen-bond donors (Lipinski definition) is 9. The van der Waals surface area contributed by atoms with Gasteiger partial charge < -0.3 is 60.0 Å². The van der Waals surface area contributed by atoms with E-state index in [0.29, 0.717) is 115 Å². The van der Waals surface area contributed by atoms with E-state index >= 15 is 0 Å². The molecule has 0 aliphatic carbocycles. The molecule has 0 unspecified atom stereocenters. The predicted molar refractivity (Wildman–Crippen MR) is 453 cm³/mol. The van der Waals surface area contributed by atoms with E-state index in [9.17, 15) is 57.5 Å². The molecule has 48 nitrogen and oxygen atoms in total. The topological polar surface area (TPSA) is 472 Å². The lowest BCUT2D eigenvalue weighted by molar-refractivity contribution is -0.145. The van der Waals surface area contributed by atoms with Gasteiger partial charge in [0.2, 0.25) is 0 Å². The summed E-state index contributed by atoms with van der Waals surface area (Å²) in [7, 11) is 15.2. The molecule has 18 fully saturated rings. The largest absolute Gasteiger partial charge is 0.345 e. The van der Waals surface area contributed by atoms with E-state index in [0.717, 1.165) is 168 Å². The highest BCUT2D eigenvalue weighted by molar-refractivity contribution is 5.92. The molecule has 48 heteroatoms. The van der Waals surface area contributed by atoms with Crippen molar-refractivity contribution in [2.24, 2.45) is 17.8 Å². The molecule has 0 spiro atoms. The number of carbonyl (C=O) groups excluding carboxylic acids is 12. The van der Waals surface area contributed by atoms with Gasteiger partial charge in [-0.15, -0.1) is 0 Å². The average Bonchev–Trinajstić information content (AvgIpc) is 1.67. The van der Waals surface area contributed by atoms with Crippen LogP contribution in [0, 0.1) is 17.8 Å². The Balaban J connectivity index is 0.000000140. The lowest BCUT2D eigenvalue weighted by Gasteiger charge is -2.35. The van der Waals surface area contributed by atoms with Crippen molar-refractivity contribution >= 4 is 71.6 Å². The number of nitrogens with one attached hydrogen (secondary N) is 9. The van der Waals surface area contributed by atoms with Gasteiger partial charge in [0, 0.05) is 77.9 Å². The van der Waals surface area contributed by atoms with Crippen LogP contribution in [-0.2, 0) is 86.8 Å². The number of likely N-dealkylation sites (tertiary alicyclic amines) is 3. The summed E-state index contributed by atoms with van der Waals surface area (Å²) in [4.78, 5) is 225. The minimum atomic E-state index is -0.465. The number of carbonyl (C=O) groups is 12. The zero-order chi connectivity index (χ0) is 90.8. The van der Waals surface area contributed by atoms with Gasteiger partial charge in [-0.05, 0) is 207 Å². The van der Waals surface area contributed by atoms with E-state index in [-0.39, 0.29) is 134 Å². The standard InChI is InChI=1S/2C15H26N4O4.2C13H22N4O4.2C12H20N4O4.CH4/c1-17-7-5-11(6-8-17)10-23-16-14(20)13-4-3-12-9-18(13)15(21)19(12)22-2;1-17-7-3-4-11(8-17)10-23-16-14(20)13-6-5-12-9-18(13)15(21)19(12)22-2;1-15-5-9(6-15)8-21-14-12(18)11-4-3-10-7-16(11)13(19)17(10)20-2;1-20-17-9-2-3-11(16(8-9)13(17)19)12(18)15-21-10-4-6-14-7-5-10;2*1-19-16-8-2-3-10(15(7-8)12(16)18)11(17)14-20-9-4-5-13-6-9;/h2*11-13H,3-10H2,1-2H3,(H,16,20);9-11H,3-8H2,1-2H3,(H,14,18);9-11,14H,2-8H2,1H3,(H,15,18);2*8-10,13H,2-7H2,1H3,(H,14,17);1H4/t12-,13+;11-,12-,13+;10-,11+;9-,11+;8-,9+,10+;8-,9-,10+;/m111111./s1. The Kier molecular flexibility index (Phi) is 36.6. The van der Waals surface area contributed by atoms with Crippen LogP contribution in [0.25, 0.3) is 0 Å². The summed E-state index contributed by atoms with van der Waals surface area (Å²) in [5.74, 6) is -0.0408. The van der Waals surface area contributed by atoms with Crippen LogP contribution in [0.5, 0.6) is 0 Å². The molecule has 0 saturated carbocycles. The summed E-state index contributed by atoms with van der Waals surface area (Å²) in [6.07, 6.45) is 16.5. The molecule has 12 bridgehead atoms. The van der Waals surface area contributed by atoms with Crippen molar-refractivity contribution in [1.29, 1.82) is 0 Å². The summed E-state index contributed by atoms with van der Waals surface area (Å²) in [6, 6.07) is -3.87. The second-order valence-corrected chi connectivity index (χ2v) is 36.0. The molecule has 15 atom stereocenters. The average molecular weight is 1830 g/mol. The Morgan fingerprint density at radius 2 is 0.550 bits per heavy atom. The molecule has 18 aliphatic heterocycles. The molecule has 0 aromatic rings. The van der Waals surface area contributed by atoms with E-state index in [2.05, 4.69) is 77.6 Å². The zero-order valence-corrected chi connectivity index (χ0v) is 75.4. The number of piperidine rings is 9. The van der Waals surface area contributed by atoms with Crippen LogP contribution in [0.4, 0.5) is 28.8 Å². The molecule has 0 aromatic carbocycles. The number of urea groups is 6. The summed E-state index contributed by atoms with van der Waals surface area (Å²) in [5, 5.41) is 17.7. The molecule has 18 heterocycles. The van der Waals surface area contributed by atoms with Gasteiger partial charge in [-0.1, -0.05) is 7.43 Å². The number of fused-ring (bicyclic) bond motifs is 12. The monoisotopic (exact) mass is 1830 g/mol. The molecule has 18 amide bonds. The second kappa shape index (κ2) is 47.4. The maximum atomic E-state index is 12.3. The van der Waals surface area contributed by atoms with Gasteiger partial charge in [0.05, 0.1) is 117 Å². The maximum absolute atomic E-state index is 12.3. The molecule has 18 aliphatic rings. The first kappa shape index (κ1) is 99.7. The minimum Gasteiger partial charge on any atom is -0.317 e. The number of nitrogens with zero attached hydrogens (tertiary/aromatic N) is 15. The van der Waals surface area contributed by atoms with E-state index in [4.69, 9.17) is 58.1 Å². The van der Waals surface area contributed by atoms with Crippen LogP contribution in [0.2, 0.25) is 0 Å². The van der Waals surface area contributed by atoms with Gasteiger partial charge in [0.25, 0.3) is 35.4 Å². The van der Waals surface area contributed by atoms with Gasteiger partial charge in [0.1, 0.15) is 36.3 Å². The van der Waals surface area contributed by atoms with Gasteiger partial charge in [-0.3, -0.25) is 86.8 Å².